The number of anilines is 1. The zero-order valence-electron chi connectivity index (χ0n) is 14.0. The summed E-state index contributed by atoms with van der Waals surface area (Å²) in [4.78, 5) is 16.1. The van der Waals surface area contributed by atoms with Gasteiger partial charge in [-0.1, -0.05) is 12.1 Å². The van der Waals surface area contributed by atoms with Gasteiger partial charge in [-0.15, -0.1) is 0 Å². The van der Waals surface area contributed by atoms with Gasteiger partial charge in [-0.2, -0.15) is 0 Å². The molecule has 3 aromatic rings. The highest BCUT2D eigenvalue weighted by molar-refractivity contribution is 5.90. The van der Waals surface area contributed by atoms with E-state index in [4.69, 9.17) is 9.15 Å². The molecule has 0 spiro atoms. The third kappa shape index (κ3) is 4.24. The minimum absolute atomic E-state index is 0.0505. The predicted molar refractivity (Wildman–Crippen MR) is 91.8 cm³/mol. The molecule has 1 aromatic heterocycles. The topological polar surface area (TPSA) is 64.4 Å². The second-order valence-corrected chi connectivity index (χ2v) is 5.52. The fraction of sp³-hybridized carbons (Fsp3) is 0.158. The molecule has 1 N–H and O–H groups in total. The number of carbonyl (C=O) groups is 1. The Morgan fingerprint density at radius 3 is 2.85 bits per heavy atom. The first-order valence-corrected chi connectivity index (χ1v) is 7.89. The molecule has 0 aliphatic heterocycles. The van der Waals surface area contributed by atoms with Crippen LogP contribution in [0.25, 0.3) is 11.3 Å². The SMILES string of the molecule is COc1cccc(-c2cnc(CCC(=O)Nc3ccc(F)cc3F)o2)c1. The largest absolute Gasteiger partial charge is 0.497 e. The van der Waals surface area contributed by atoms with Crippen molar-refractivity contribution >= 4 is 11.6 Å². The highest BCUT2D eigenvalue weighted by Crippen LogP contribution is 2.25. The molecule has 26 heavy (non-hydrogen) atoms. The van der Waals surface area contributed by atoms with Gasteiger partial charge in [0.1, 0.15) is 17.4 Å². The van der Waals surface area contributed by atoms with Crippen LogP contribution in [-0.4, -0.2) is 18.0 Å². The van der Waals surface area contributed by atoms with E-state index in [-0.39, 0.29) is 18.5 Å². The van der Waals surface area contributed by atoms with Gasteiger partial charge in [0.25, 0.3) is 0 Å². The Morgan fingerprint density at radius 2 is 2.08 bits per heavy atom. The van der Waals surface area contributed by atoms with Gasteiger partial charge in [-0.25, -0.2) is 13.8 Å². The number of hydrogen-bond donors (Lipinski definition) is 1. The number of aryl methyl sites for hydroxylation is 1. The van der Waals surface area contributed by atoms with E-state index in [9.17, 15) is 13.6 Å². The monoisotopic (exact) mass is 358 g/mol. The molecule has 3 rings (SSSR count). The molecule has 5 nitrogen and oxygen atoms in total. The van der Waals surface area contributed by atoms with Gasteiger partial charge in [0.2, 0.25) is 5.91 Å². The fourth-order valence-electron chi connectivity index (χ4n) is 2.36. The van der Waals surface area contributed by atoms with Crippen molar-refractivity contribution in [2.45, 2.75) is 12.8 Å². The van der Waals surface area contributed by atoms with Crippen molar-refractivity contribution in [1.29, 1.82) is 0 Å². The number of carbonyl (C=O) groups excluding carboxylic acids is 1. The molecule has 2 aromatic carbocycles. The minimum Gasteiger partial charge on any atom is -0.497 e. The Kier molecular flexibility index (Phi) is 5.26. The summed E-state index contributed by atoms with van der Waals surface area (Å²) in [7, 11) is 1.58. The Hall–Kier alpha value is -3.22. The van der Waals surface area contributed by atoms with Crippen LogP contribution in [0.1, 0.15) is 12.3 Å². The van der Waals surface area contributed by atoms with Crippen LogP contribution in [0.2, 0.25) is 0 Å². The van der Waals surface area contributed by atoms with Crippen LogP contribution in [0.4, 0.5) is 14.5 Å². The second kappa shape index (κ2) is 7.77. The summed E-state index contributed by atoms with van der Waals surface area (Å²) in [6.45, 7) is 0. The van der Waals surface area contributed by atoms with Gasteiger partial charge >= 0.3 is 0 Å². The number of amides is 1. The molecule has 0 aliphatic rings. The molecule has 0 bridgehead atoms. The van der Waals surface area contributed by atoms with E-state index >= 15 is 0 Å². The molecule has 1 amide bonds. The van der Waals surface area contributed by atoms with Crippen LogP contribution in [0, 0.1) is 11.6 Å². The number of oxazole rings is 1. The van der Waals surface area contributed by atoms with E-state index in [0.717, 1.165) is 11.6 Å². The molecule has 0 saturated carbocycles. The third-order valence-corrected chi connectivity index (χ3v) is 3.68. The summed E-state index contributed by atoms with van der Waals surface area (Å²) in [5.41, 5.74) is 0.738. The smallest absolute Gasteiger partial charge is 0.224 e. The zero-order valence-corrected chi connectivity index (χ0v) is 14.0. The van der Waals surface area contributed by atoms with E-state index in [1.54, 1.807) is 13.3 Å². The lowest BCUT2D eigenvalue weighted by atomic mass is 10.2. The van der Waals surface area contributed by atoms with Gasteiger partial charge in [-0.3, -0.25) is 4.79 Å². The molecule has 0 saturated heterocycles. The number of methoxy groups -OCH3 is 1. The van der Waals surface area contributed by atoms with Crippen LogP contribution in [-0.2, 0) is 11.2 Å². The Bertz CT molecular complexity index is 925. The number of ether oxygens (including phenoxy) is 1. The van der Waals surface area contributed by atoms with Gasteiger partial charge < -0.3 is 14.5 Å². The zero-order chi connectivity index (χ0) is 18.5. The predicted octanol–water partition coefficient (Wildman–Crippen LogP) is 4.20. The number of nitrogens with zero attached hydrogens (tertiary/aromatic N) is 1. The third-order valence-electron chi connectivity index (χ3n) is 3.68. The number of rotatable bonds is 6. The highest BCUT2D eigenvalue weighted by Gasteiger charge is 2.11. The van der Waals surface area contributed by atoms with E-state index in [0.29, 0.717) is 23.5 Å². The Balaban J connectivity index is 1.60. The molecule has 0 unspecified atom stereocenters. The normalized spacial score (nSPS) is 10.6. The summed E-state index contributed by atoms with van der Waals surface area (Å²) in [6.07, 6.45) is 1.87. The first-order valence-electron chi connectivity index (χ1n) is 7.89. The second-order valence-electron chi connectivity index (χ2n) is 5.52. The van der Waals surface area contributed by atoms with Crippen molar-refractivity contribution < 1.29 is 22.7 Å². The number of aromatic nitrogens is 1. The van der Waals surface area contributed by atoms with Crippen LogP contribution < -0.4 is 10.1 Å². The van der Waals surface area contributed by atoms with E-state index in [2.05, 4.69) is 10.3 Å². The lowest BCUT2D eigenvalue weighted by Gasteiger charge is -2.05. The van der Waals surface area contributed by atoms with Gasteiger partial charge in [0.05, 0.1) is 19.0 Å². The maximum absolute atomic E-state index is 13.5. The summed E-state index contributed by atoms with van der Waals surface area (Å²) in [5.74, 6) is -0.306. The van der Waals surface area contributed by atoms with Gasteiger partial charge in [-0.05, 0) is 24.3 Å². The maximum atomic E-state index is 13.5. The summed E-state index contributed by atoms with van der Waals surface area (Å²) >= 11 is 0. The van der Waals surface area contributed by atoms with Crippen molar-refractivity contribution in [2.75, 3.05) is 12.4 Å². The average molecular weight is 358 g/mol. The van der Waals surface area contributed by atoms with Crippen LogP contribution in [0.3, 0.4) is 0 Å². The van der Waals surface area contributed by atoms with Crippen LogP contribution >= 0.6 is 0 Å². The molecule has 7 heteroatoms. The molecular formula is C19H16F2N2O3. The summed E-state index contributed by atoms with van der Waals surface area (Å²) in [6, 6.07) is 10.3. The maximum Gasteiger partial charge on any atom is 0.224 e. The Labute approximate surface area is 148 Å². The lowest BCUT2D eigenvalue weighted by Crippen LogP contribution is -2.13. The number of nitrogens with one attached hydrogen (secondary N) is 1. The summed E-state index contributed by atoms with van der Waals surface area (Å²) in [5, 5.41) is 2.39. The first-order chi connectivity index (χ1) is 12.5. The molecular weight excluding hydrogens is 342 g/mol. The van der Waals surface area contributed by atoms with E-state index in [1.807, 2.05) is 24.3 Å². The molecule has 0 fully saturated rings. The summed E-state index contributed by atoms with van der Waals surface area (Å²) < 4.78 is 37.2. The van der Waals surface area contributed by atoms with E-state index < -0.39 is 17.5 Å². The van der Waals surface area contributed by atoms with Crippen molar-refractivity contribution in [2.24, 2.45) is 0 Å². The Morgan fingerprint density at radius 1 is 1.23 bits per heavy atom. The van der Waals surface area contributed by atoms with Crippen LogP contribution in [0.15, 0.2) is 53.1 Å². The van der Waals surface area contributed by atoms with Crippen molar-refractivity contribution in [3.63, 3.8) is 0 Å². The quantitative estimate of drug-likeness (QED) is 0.717. The lowest BCUT2D eigenvalue weighted by molar-refractivity contribution is -0.116. The fourth-order valence-corrected chi connectivity index (χ4v) is 2.36. The van der Waals surface area contributed by atoms with Gasteiger partial charge in [0, 0.05) is 24.5 Å². The highest BCUT2D eigenvalue weighted by atomic mass is 19.1. The number of halogens is 2. The average Bonchev–Trinajstić information content (AvgIpc) is 3.11. The van der Waals surface area contributed by atoms with Crippen molar-refractivity contribution in [3.8, 4) is 17.1 Å². The molecule has 0 atom stereocenters. The van der Waals surface area contributed by atoms with E-state index in [1.165, 1.54) is 6.07 Å². The molecule has 134 valence electrons. The van der Waals surface area contributed by atoms with Crippen molar-refractivity contribution in [3.05, 3.63) is 66.2 Å². The number of benzene rings is 2. The number of hydrogen-bond acceptors (Lipinski definition) is 4. The van der Waals surface area contributed by atoms with Crippen molar-refractivity contribution in [1.82, 2.24) is 4.98 Å². The first kappa shape index (κ1) is 17.6. The molecule has 0 aliphatic carbocycles. The molecule has 1 heterocycles. The van der Waals surface area contributed by atoms with Crippen LogP contribution in [0.5, 0.6) is 5.75 Å². The molecule has 0 radical (unpaired) electrons. The van der Waals surface area contributed by atoms with Gasteiger partial charge in [0.15, 0.2) is 11.7 Å². The standard InChI is InChI=1S/C19H16F2N2O3/c1-25-14-4-2-3-12(9-14)17-11-22-19(26-17)8-7-18(24)23-16-6-5-13(20)10-15(16)21/h2-6,9-11H,7-8H2,1H3,(H,23,24). The minimum atomic E-state index is -0.824.